The van der Waals surface area contributed by atoms with Crippen molar-refractivity contribution in [1.29, 1.82) is 0 Å². The van der Waals surface area contributed by atoms with E-state index in [1.165, 1.54) is 6.07 Å². The van der Waals surface area contributed by atoms with Gasteiger partial charge in [-0.25, -0.2) is 0 Å². The Morgan fingerprint density at radius 2 is 1.90 bits per heavy atom. The van der Waals surface area contributed by atoms with E-state index in [1.54, 1.807) is 19.2 Å². The highest BCUT2D eigenvalue weighted by Crippen LogP contribution is 2.34. The molecule has 1 aromatic rings. The van der Waals surface area contributed by atoms with Gasteiger partial charge in [0.25, 0.3) is 0 Å². The Bertz CT molecular complexity index is 416. The number of rotatable bonds is 7. The van der Waals surface area contributed by atoms with Crippen molar-refractivity contribution in [2.75, 3.05) is 25.0 Å². The molecule has 20 heavy (non-hydrogen) atoms. The maximum atomic E-state index is 13.1. The van der Waals surface area contributed by atoms with Crippen LogP contribution in [0.5, 0.6) is 0 Å². The highest BCUT2D eigenvalue weighted by molar-refractivity contribution is 5.52. The largest absolute Gasteiger partial charge is 0.416 e. The predicted molar refractivity (Wildman–Crippen MR) is 77.0 cm³/mol. The monoisotopic (exact) mass is 288 g/mol. The van der Waals surface area contributed by atoms with Crippen LogP contribution in [0.15, 0.2) is 18.2 Å². The average molecular weight is 288 g/mol. The summed E-state index contributed by atoms with van der Waals surface area (Å²) in [5, 5.41) is 2.78. The molecule has 2 nitrogen and oxygen atoms in total. The molecule has 0 atom stereocenters. The van der Waals surface area contributed by atoms with E-state index in [-0.39, 0.29) is 12.1 Å². The van der Waals surface area contributed by atoms with Crippen LogP contribution in [-0.2, 0) is 12.7 Å². The zero-order chi connectivity index (χ0) is 15.2. The molecular formula is C15H23F3N2. The zero-order valence-corrected chi connectivity index (χ0v) is 12.3. The Hall–Kier alpha value is -1.23. The summed E-state index contributed by atoms with van der Waals surface area (Å²) < 4.78 is 39.4. The van der Waals surface area contributed by atoms with Crippen LogP contribution >= 0.6 is 0 Å². The van der Waals surface area contributed by atoms with E-state index in [9.17, 15) is 13.2 Å². The van der Waals surface area contributed by atoms with Crippen molar-refractivity contribution in [1.82, 2.24) is 5.32 Å². The highest BCUT2D eigenvalue weighted by Gasteiger charge is 2.33. The van der Waals surface area contributed by atoms with Crippen LogP contribution in [0.1, 0.15) is 37.8 Å². The fraction of sp³-hybridized carbons (Fsp3) is 0.600. The molecule has 0 unspecified atom stereocenters. The van der Waals surface area contributed by atoms with Gasteiger partial charge in [0.1, 0.15) is 0 Å². The van der Waals surface area contributed by atoms with Crippen molar-refractivity contribution in [3.05, 3.63) is 29.3 Å². The van der Waals surface area contributed by atoms with Gasteiger partial charge in [-0.15, -0.1) is 0 Å². The molecule has 1 rings (SSSR count). The Kier molecular flexibility index (Phi) is 6.33. The lowest BCUT2D eigenvalue weighted by atomic mass is 10.1. The predicted octanol–water partition coefficient (Wildman–Crippen LogP) is 4.05. The molecule has 0 saturated heterocycles. The summed E-state index contributed by atoms with van der Waals surface area (Å²) in [7, 11) is 1.65. The zero-order valence-electron chi connectivity index (χ0n) is 12.3. The highest BCUT2D eigenvalue weighted by atomic mass is 19.4. The fourth-order valence-electron chi connectivity index (χ4n) is 2.19. The molecule has 0 saturated carbocycles. The number of unbranched alkanes of at least 4 members (excludes halogenated alkanes) is 1. The number of anilines is 1. The average Bonchev–Trinajstić information content (AvgIpc) is 2.40. The van der Waals surface area contributed by atoms with Crippen LogP contribution in [0.3, 0.4) is 0 Å². The molecule has 0 heterocycles. The summed E-state index contributed by atoms with van der Waals surface area (Å²) in [4.78, 5) is 1.99. The van der Waals surface area contributed by atoms with Gasteiger partial charge in [-0.05, 0) is 38.1 Å². The van der Waals surface area contributed by atoms with Crippen LogP contribution in [0.2, 0.25) is 0 Å². The fourth-order valence-corrected chi connectivity index (χ4v) is 2.19. The third kappa shape index (κ3) is 4.40. The van der Waals surface area contributed by atoms with E-state index in [0.717, 1.165) is 19.4 Å². The number of hydrogen-bond acceptors (Lipinski definition) is 2. The van der Waals surface area contributed by atoms with Crippen LogP contribution < -0.4 is 10.2 Å². The summed E-state index contributed by atoms with van der Waals surface area (Å²) >= 11 is 0. The molecule has 0 aliphatic carbocycles. The van der Waals surface area contributed by atoms with Gasteiger partial charge < -0.3 is 10.2 Å². The molecule has 114 valence electrons. The van der Waals surface area contributed by atoms with Crippen molar-refractivity contribution in [2.24, 2.45) is 0 Å². The first-order chi connectivity index (χ1) is 9.43. The van der Waals surface area contributed by atoms with E-state index >= 15 is 0 Å². The molecule has 0 fully saturated rings. The van der Waals surface area contributed by atoms with Gasteiger partial charge in [-0.2, -0.15) is 13.2 Å². The Morgan fingerprint density at radius 3 is 2.40 bits per heavy atom. The van der Waals surface area contributed by atoms with Gasteiger partial charge >= 0.3 is 6.18 Å². The first-order valence-corrected chi connectivity index (χ1v) is 7.03. The number of nitrogens with one attached hydrogen (secondary N) is 1. The number of alkyl halides is 3. The third-order valence-corrected chi connectivity index (χ3v) is 3.29. The summed E-state index contributed by atoms with van der Waals surface area (Å²) in [5.74, 6) is 0. The van der Waals surface area contributed by atoms with Gasteiger partial charge in [0.15, 0.2) is 0 Å². The summed E-state index contributed by atoms with van der Waals surface area (Å²) in [5.41, 5.74) is 0.391. The minimum absolute atomic E-state index is 0.218. The minimum atomic E-state index is -4.31. The first-order valence-electron chi connectivity index (χ1n) is 7.03. The number of halogens is 3. The summed E-state index contributed by atoms with van der Waals surface area (Å²) in [6.07, 6.45) is -2.31. The Morgan fingerprint density at radius 1 is 1.20 bits per heavy atom. The van der Waals surface area contributed by atoms with Crippen molar-refractivity contribution in [2.45, 2.75) is 39.4 Å². The minimum Gasteiger partial charge on any atom is -0.372 e. The molecule has 1 N–H and O–H groups in total. The lowest BCUT2D eigenvalue weighted by molar-refractivity contribution is -0.138. The van der Waals surface area contributed by atoms with Gasteiger partial charge in [0.2, 0.25) is 0 Å². The van der Waals surface area contributed by atoms with Crippen molar-refractivity contribution in [3.8, 4) is 0 Å². The lowest BCUT2D eigenvalue weighted by Crippen LogP contribution is -2.25. The molecule has 0 amide bonds. The second kappa shape index (κ2) is 7.53. The lowest BCUT2D eigenvalue weighted by Gasteiger charge is -2.25. The maximum Gasteiger partial charge on any atom is 0.416 e. The summed E-state index contributed by atoms with van der Waals surface area (Å²) in [6.45, 7) is 5.75. The molecule has 0 spiro atoms. The van der Waals surface area contributed by atoms with E-state index < -0.39 is 11.7 Å². The molecule has 0 aromatic heterocycles. The normalized spacial score (nSPS) is 11.7. The topological polar surface area (TPSA) is 15.3 Å². The van der Waals surface area contributed by atoms with Gasteiger partial charge in [0, 0.05) is 25.3 Å². The Balaban J connectivity index is 3.10. The standard InChI is InChI=1S/C15H23F3N2/c1-4-6-9-20(5-2)13-8-7-12(11-19-3)14(10-13)15(16,17)18/h7-8,10,19H,4-6,9,11H2,1-3H3. The number of benzene rings is 1. The second-order valence-electron chi connectivity index (χ2n) is 4.80. The van der Waals surface area contributed by atoms with Gasteiger partial charge in [-0.1, -0.05) is 19.4 Å². The molecule has 0 aliphatic rings. The molecule has 0 bridgehead atoms. The smallest absolute Gasteiger partial charge is 0.372 e. The SMILES string of the molecule is CCCCN(CC)c1ccc(CNC)c(C(F)(F)F)c1. The maximum absolute atomic E-state index is 13.1. The van der Waals surface area contributed by atoms with Gasteiger partial charge in [0.05, 0.1) is 5.56 Å². The molecule has 1 aromatic carbocycles. The van der Waals surface area contributed by atoms with E-state index in [4.69, 9.17) is 0 Å². The van der Waals surface area contributed by atoms with E-state index in [1.807, 2.05) is 11.8 Å². The van der Waals surface area contributed by atoms with E-state index in [2.05, 4.69) is 12.2 Å². The first kappa shape index (κ1) is 16.8. The summed E-state index contributed by atoms with van der Waals surface area (Å²) in [6, 6.07) is 4.62. The molecular weight excluding hydrogens is 265 g/mol. The van der Waals surface area contributed by atoms with Crippen LogP contribution in [0, 0.1) is 0 Å². The Labute approximate surface area is 119 Å². The van der Waals surface area contributed by atoms with Gasteiger partial charge in [-0.3, -0.25) is 0 Å². The number of hydrogen-bond donors (Lipinski definition) is 1. The number of nitrogens with zero attached hydrogens (tertiary/aromatic N) is 1. The van der Waals surface area contributed by atoms with Crippen molar-refractivity contribution >= 4 is 5.69 Å². The van der Waals surface area contributed by atoms with E-state index in [0.29, 0.717) is 12.2 Å². The van der Waals surface area contributed by atoms with Crippen molar-refractivity contribution < 1.29 is 13.2 Å². The van der Waals surface area contributed by atoms with Crippen LogP contribution in [0.25, 0.3) is 0 Å². The molecule has 0 radical (unpaired) electrons. The van der Waals surface area contributed by atoms with Crippen molar-refractivity contribution in [3.63, 3.8) is 0 Å². The molecule has 5 heteroatoms. The quantitative estimate of drug-likeness (QED) is 0.814. The van der Waals surface area contributed by atoms with Crippen LogP contribution in [-0.4, -0.2) is 20.1 Å². The second-order valence-corrected chi connectivity index (χ2v) is 4.80. The van der Waals surface area contributed by atoms with Crippen LogP contribution in [0.4, 0.5) is 18.9 Å². The molecule has 0 aliphatic heterocycles. The third-order valence-electron chi connectivity index (χ3n) is 3.29.